The average molecular weight is 1360 g/mol. The van der Waals surface area contributed by atoms with Crippen molar-refractivity contribution in [3.8, 4) is 11.1 Å². The van der Waals surface area contributed by atoms with Crippen LogP contribution in [-0.4, -0.2) is 183 Å². The lowest BCUT2D eigenvalue weighted by Crippen LogP contribution is -2.50. The number of anilines is 1. The monoisotopic (exact) mass is 1360 g/mol. The summed E-state index contributed by atoms with van der Waals surface area (Å²) in [6.07, 6.45) is -2.29. The van der Waals surface area contributed by atoms with Crippen molar-refractivity contribution >= 4 is 35.4 Å². The van der Waals surface area contributed by atoms with Crippen molar-refractivity contribution < 1.29 is 68.9 Å². The van der Waals surface area contributed by atoms with Gasteiger partial charge in [-0.15, -0.1) is 0 Å². The van der Waals surface area contributed by atoms with Crippen molar-refractivity contribution in [3.63, 3.8) is 0 Å². The van der Waals surface area contributed by atoms with Crippen molar-refractivity contribution in [2.24, 2.45) is 0 Å². The number of nitrogens with zero attached hydrogens (tertiary/aromatic N) is 7. The number of piperidine rings is 2. The van der Waals surface area contributed by atoms with E-state index in [4.69, 9.17) is 14.2 Å². The van der Waals surface area contributed by atoms with E-state index in [1.807, 2.05) is 79.8 Å². The normalized spacial score (nSPS) is 18.1. The summed E-state index contributed by atoms with van der Waals surface area (Å²) in [5.41, 5.74) is 0.988. The topological polar surface area (TPSA) is 169 Å². The molecule has 4 heterocycles. The van der Waals surface area contributed by atoms with Crippen molar-refractivity contribution in [3.05, 3.63) is 190 Å². The van der Waals surface area contributed by atoms with E-state index in [0.717, 1.165) is 91.0 Å². The second-order valence-electron chi connectivity index (χ2n) is 26.2. The van der Waals surface area contributed by atoms with Crippen molar-refractivity contribution in [2.45, 2.75) is 113 Å². The highest BCUT2D eigenvalue weighted by Crippen LogP contribution is 2.48. The first-order valence-corrected chi connectivity index (χ1v) is 33.6. The number of amides is 5. The van der Waals surface area contributed by atoms with Gasteiger partial charge in [-0.1, -0.05) is 97.4 Å². The number of rotatable bonds is 27. The molecule has 10 rings (SSSR count). The Hall–Kier alpha value is -8.29. The molecule has 1 spiro atoms. The molecule has 2 atom stereocenters. The second-order valence-corrected chi connectivity index (χ2v) is 26.2. The number of unbranched alkanes of at least 4 members (excludes halogenated alkanes) is 2. The number of carbonyl (C=O) groups excluding carboxylic acids is 5. The molecule has 24 heteroatoms. The molecule has 1 aliphatic carbocycles. The van der Waals surface area contributed by atoms with E-state index in [2.05, 4.69) is 37.6 Å². The highest BCUT2D eigenvalue weighted by molar-refractivity contribution is 5.95. The zero-order valence-electron chi connectivity index (χ0n) is 55.7. The second kappa shape index (κ2) is 32.6. The van der Waals surface area contributed by atoms with E-state index in [0.29, 0.717) is 107 Å². The van der Waals surface area contributed by atoms with E-state index in [-0.39, 0.29) is 55.6 Å². The summed E-state index contributed by atoms with van der Waals surface area (Å²) in [7, 11) is 5.26. The predicted octanol–water partition coefficient (Wildman–Crippen LogP) is 12.1. The molecule has 5 amide bonds. The van der Waals surface area contributed by atoms with Gasteiger partial charge in [0.1, 0.15) is 36.6 Å². The number of likely N-dealkylation sites (N-methyl/N-ethyl adjacent to an activating group) is 2. The molecule has 1 aromatic heterocycles. The van der Waals surface area contributed by atoms with Crippen LogP contribution in [0.1, 0.15) is 118 Å². The van der Waals surface area contributed by atoms with E-state index in [1.54, 1.807) is 41.1 Å². The fourth-order valence-corrected chi connectivity index (χ4v) is 13.7. The molecule has 0 saturated carbocycles. The molecular weight excluding hydrogens is 1280 g/mol. The number of para-hydroxylation sites is 1. The van der Waals surface area contributed by atoms with Crippen LogP contribution in [0.2, 0.25) is 0 Å². The Bertz CT molecular complexity index is 3650. The third-order valence-electron chi connectivity index (χ3n) is 19.6. The number of likely N-dealkylation sites (tertiary alicyclic amines) is 2. The Kier molecular flexibility index (Phi) is 24.1. The molecule has 98 heavy (non-hydrogen) atoms. The summed E-state index contributed by atoms with van der Waals surface area (Å²) in [6, 6.07) is 35.5. The van der Waals surface area contributed by atoms with Gasteiger partial charge in [-0.3, -0.25) is 29.5 Å². The van der Waals surface area contributed by atoms with Crippen LogP contribution in [0.15, 0.2) is 140 Å². The van der Waals surface area contributed by atoms with E-state index in [1.165, 1.54) is 24.3 Å². The van der Waals surface area contributed by atoms with Crippen molar-refractivity contribution in [2.75, 3.05) is 112 Å². The lowest BCUT2D eigenvalue weighted by atomic mass is 9.72. The van der Waals surface area contributed by atoms with Gasteiger partial charge in [0.15, 0.2) is 0 Å². The van der Waals surface area contributed by atoms with E-state index in [9.17, 15) is 54.7 Å². The van der Waals surface area contributed by atoms with Crippen molar-refractivity contribution in [1.29, 1.82) is 0 Å². The molecule has 4 aliphatic rings. The first-order valence-electron chi connectivity index (χ1n) is 33.6. The number of carbonyl (C=O) groups is 5. The first kappa shape index (κ1) is 72.5. The minimum Gasteiger partial charge on any atom is -0.446 e. The van der Waals surface area contributed by atoms with Crippen molar-refractivity contribution in [1.82, 2.24) is 39.7 Å². The zero-order valence-corrected chi connectivity index (χ0v) is 55.7. The van der Waals surface area contributed by atoms with Crippen LogP contribution >= 0.6 is 0 Å². The summed E-state index contributed by atoms with van der Waals surface area (Å²) < 4.78 is 116. The van der Waals surface area contributed by atoms with Gasteiger partial charge in [-0.05, 0) is 148 Å². The van der Waals surface area contributed by atoms with Gasteiger partial charge in [0.25, 0.3) is 11.8 Å². The van der Waals surface area contributed by atoms with Gasteiger partial charge in [0, 0.05) is 103 Å². The number of fused-ring (bicyclic) bond motifs is 2. The van der Waals surface area contributed by atoms with E-state index >= 15 is 0 Å². The highest BCUT2D eigenvalue weighted by Gasteiger charge is 2.50. The fourth-order valence-electron chi connectivity index (χ4n) is 13.7. The summed E-state index contributed by atoms with van der Waals surface area (Å²) in [6.45, 7) is 5.90. The number of hydrogen-bond donors (Lipinski definition) is 2. The number of aromatic nitrogens is 1. The molecule has 524 valence electrons. The molecular formula is C74H86F7N9O8. The maximum atomic E-state index is 14.2. The number of alkyl halides is 6. The molecule has 2 N–H and O–H groups in total. The Morgan fingerprint density at radius 1 is 0.694 bits per heavy atom. The maximum Gasteiger partial charge on any atom is 0.416 e. The molecule has 3 aliphatic heterocycles. The molecule has 0 bridgehead atoms. The Balaban J connectivity index is 0.596. The van der Waals surface area contributed by atoms with Gasteiger partial charge < -0.3 is 48.9 Å². The Labute approximate surface area is 567 Å². The molecule has 0 unspecified atom stereocenters. The SMILES string of the molecule is CN(CCN1CCC(OC(=O)Nc2ccccc2-c2ccccc2)CC1)C(=O)CCCCCNCc1ccc(C(=O)N(C)CCCN(C)C(=O)CO[C@H]2Cc3ccccc3C23CCN(CC[C@@]2(c4ccc(F)cc4)CN(C(=O)c4cc(C(F)(F)F)cc(C(F)(F)F)c4)CO2)CC3)nc1. The smallest absolute Gasteiger partial charge is 0.416 e. The van der Waals surface area contributed by atoms with Gasteiger partial charge >= 0.3 is 18.4 Å². The van der Waals surface area contributed by atoms with Crippen LogP contribution in [0.5, 0.6) is 0 Å². The summed E-state index contributed by atoms with van der Waals surface area (Å²) in [5, 5.41) is 6.36. The Morgan fingerprint density at radius 3 is 2.06 bits per heavy atom. The number of pyridine rings is 1. The van der Waals surface area contributed by atoms with Crippen LogP contribution in [0.4, 0.5) is 41.2 Å². The summed E-state index contributed by atoms with van der Waals surface area (Å²) in [5.74, 6) is -1.93. The number of hydrogen-bond acceptors (Lipinski definition) is 12. The third kappa shape index (κ3) is 18.5. The van der Waals surface area contributed by atoms with Gasteiger partial charge in [0.2, 0.25) is 11.8 Å². The van der Waals surface area contributed by atoms with Crippen LogP contribution < -0.4 is 10.6 Å². The fraction of sp³-hybridized carbons (Fsp3) is 0.459. The molecule has 5 aromatic carbocycles. The Morgan fingerprint density at radius 2 is 1.36 bits per heavy atom. The van der Waals surface area contributed by atoms with Gasteiger partial charge in [-0.25, -0.2) is 9.18 Å². The van der Waals surface area contributed by atoms with E-state index < -0.39 is 64.6 Å². The third-order valence-corrected chi connectivity index (χ3v) is 19.6. The number of ether oxygens (including phenoxy) is 3. The number of halogens is 7. The number of benzene rings is 5. The minimum atomic E-state index is -5.15. The standard InChI is InChI=1S/C74H86F7N9O8/c1-85(34-14-35-87(3)69(94)64-27-22-52(48-83-64)47-82-33-13-5-8-21-66(91)86(2)41-42-88-36-28-60(29-37-88)98-70(95)84-63-20-12-10-18-61(63)53-15-6-4-7-16-53)67(92)49-96-65-45-54-17-9-11-19-62(54)71(65)30-38-89(39-31-71)40-32-72(56-23-25-59(75)26-24-56)50-90(51-97-72)68(93)55-43-57(73(76,77)78)46-58(44-55)74(79,80)81/h4,6-7,9-12,15-20,22-27,43-44,46,48,60,65,82H,5,8,13-14,21,28-42,45,47,49-51H2,1-3H3,(H,84,95)/t65-,72-/m0/s1. The zero-order chi connectivity index (χ0) is 69.6. The summed E-state index contributed by atoms with van der Waals surface area (Å²) in [4.78, 5) is 81.7. The molecule has 17 nitrogen and oxygen atoms in total. The average Bonchev–Trinajstić information content (AvgIpc) is 1.59. The lowest BCUT2D eigenvalue weighted by Gasteiger charge is -2.44. The molecule has 3 saturated heterocycles. The summed E-state index contributed by atoms with van der Waals surface area (Å²) >= 11 is 0. The molecule has 0 radical (unpaired) electrons. The highest BCUT2D eigenvalue weighted by atomic mass is 19.4. The maximum absolute atomic E-state index is 14.2. The lowest BCUT2D eigenvalue weighted by molar-refractivity contribution is -0.143. The minimum absolute atomic E-state index is 0.0293. The quantitative estimate of drug-likeness (QED) is 0.0370. The van der Waals surface area contributed by atoms with Crippen LogP contribution in [0.3, 0.4) is 0 Å². The number of nitrogens with one attached hydrogen (secondary N) is 2. The van der Waals surface area contributed by atoms with Crippen LogP contribution in [0, 0.1) is 5.82 Å². The first-order chi connectivity index (χ1) is 47.0. The van der Waals surface area contributed by atoms with Gasteiger partial charge in [-0.2, -0.15) is 26.3 Å². The largest absolute Gasteiger partial charge is 0.446 e. The van der Waals surface area contributed by atoms with Gasteiger partial charge in [0.05, 0.1) is 29.5 Å². The van der Waals surface area contributed by atoms with Crippen LogP contribution in [-0.2, 0) is 60.1 Å². The van der Waals surface area contributed by atoms with Crippen LogP contribution in [0.25, 0.3) is 11.1 Å². The molecule has 3 fully saturated rings. The predicted molar refractivity (Wildman–Crippen MR) is 356 cm³/mol. The molecule has 6 aromatic rings.